The normalized spacial score (nSPS) is 12.3. The quantitative estimate of drug-likeness (QED) is 0.191. The van der Waals surface area contributed by atoms with Gasteiger partial charge in [0.25, 0.3) is 0 Å². The van der Waals surface area contributed by atoms with Gasteiger partial charge in [-0.2, -0.15) is 0 Å². The number of hydrogen-bond donors (Lipinski definition) is 0. The van der Waals surface area contributed by atoms with Gasteiger partial charge in [0.05, 0.1) is 0 Å². The van der Waals surface area contributed by atoms with Gasteiger partial charge in [-0.1, -0.05) is 130 Å². The Labute approximate surface area is 244 Å². The van der Waals surface area contributed by atoms with Gasteiger partial charge in [-0.3, -0.25) is 0 Å². The Morgan fingerprint density at radius 2 is 0.976 bits per heavy atom. The molecule has 0 fully saturated rings. The van der Waals surface area contributed by atoms with Crippen molar-refractivity contribution in [1.82, 2.24) is 0 Å². The molecule has 0 bridgehead atoms. The van der Waals surface area contributed by atoms with E-state index < -0.39 is 0 Å². The van der Waals surface area contributed by atoms with E-state index in [4.69, 9.17) is 0 Å². The van der Waals surface area contributed by atoms with E-state index in [1.54, 1.807) is 0 Å². The van der Waals surface area contributed by atoms with Crippen LogP contribution in [0.2, 0.25) is 0 Å². The molecular weight excluding hydrogens is 513 g/mol. The Morgan fingerprint density at radius 3 is 1.66 bits per heavy atom. The molecule has 0 atom stereocenters. The van der Waals surface area contributed by atoms with Crippen molar-refractivity contribution in [2.24, 2.45) is 0 Å². The maximum Gasteiger partial charge on any atom is 0.0433 e. The molecule has 0 amide bonds. The van der Waals surface area contributed by atoms with Crippen molar-refractivity contribution in [1.29, 1.82) is 0 Å². The first-order valence-electron chi connectivity index (χ1n) is 14.4. The standard InChI is InChI=1S/C40H30S/c1-40(2,3)28-22-26(21-27(23-28)29-16-10-17-36-35-15-8-9-18-38(35)41-39(29)36)25-19-20-34-32-13-5-4-11-30(32)31-12-6-7-14-33(31)37(34)24-25/h4-24H,1-3H3. The number of rotatable bonds is 2. The number of thiophene rings is 1. The zero-order valence-electron chi connectivity index (χ0n) is 23.5. The maximum atomic E-state index is 2.41. The van der Waals surface area contributed by atoms with Crippen LogP contribution in [0.4, 0.5) is 0 Å². The topological polar surface area (TPSA) is 0 Å². The van der Waals surface area contributed by atoms with E-state index in [1.807, 2.05) is 11.3 Å². The summed E-state index contributed by atoms with van der Waals surface area (Å²) in [6, 6.07) is 47.5. The number of fused-ring (bicyclic) bond motifs is 9. The highest BCUT2D eigenvalue weighted by Crippen LogP contribution is 2.43. The number of hydrogen-bond acceptors (Lipinski definition) is 1. The lowest BCUT2D eigenvalue weighted by Crippen LogP contribution is -2.11. The molecule has 8 rings (SSSR count). The van der Waals surface area contributed by atoms with E-state index in [0.717, 1.165) is 0 Å². The summed E-state index contributed by atoms with van der Waals surface area (Å²) in [5.74, 6) is 0. The van der Waals surface area contributed by atoms with Crippen LogP contribution in [0.1, 0.15) is 26.3 Å². The SMILES string of the molecule is CC(C)(C)c1cc(-c2ccc3c4ccccc4c4ccccc4c3c2)cc(-c2cccc3c2sc2ccccc23)c1. The minimum absolute atomic E-state index is 0.0264. The van der Waals surface area contributed by atoms with Crippen molar-refractivity contribution in [3.05, 3.63) is 133 Å². The van der Waals surface area contributed by atoms with Gasteiger partial charge >= 0.3 is 0 Å². The van der Waals surface area contributed by atoms with Crippen LogP contribution in [0, 0.1) is 0 Å². The molecular formula is C40H30S. The summed E-state index contributed by atoms with van der Waals surface area (Å²) >= 11 is 1.90. The molecule has 41 heavy (non-hydrogen) atoms. The third-order valence-corrected chi connectivity index (χ3v) is 9.81. The lowest BCUT2D eigenvalue weighted by atomic mass is 9.83. The highest BCUT2D eigenvalue weighted by Gasteiger charge is 2.19. The second kappa shape index (κ2) is 9.03. The van der Waals surface area contributed by atoms with Crippen molar-refractivity contribution >= 4 is 63.8 Å². The van der Waals surface area contributed by atoms with Crippen molar-refractivity contribution in [3.63, 3.8) is 0 Å². The fraction of sp³-hybridized carbons (Fsp3) is 0.100. The summed E-state index contributed by atoms with van der Waals surface area (Å²) in [5, 5.41) is 10.6. The molecule has 1 heteroatoms. The third-order valence-electron chi connectivity index (χ3n) is 8.59. The summed E-state index contributed by atoms with van der Waals surface area (Å²) in [6.07, 6.45) is 0. The van der Waals surface area contributed by atoms with E-state index in [2.05, 4.69) is 148 Å². The number of benzene rings is 7. The van der Waals surface area contributed by atoms with Gasteiger partial charge in [-0.05, 0) is 83.7 Å². The summed E-state index contributed by atoms with van der Waals surface area (Å²) in [4.78, 5) is 0. The minimum Gasteiger partial charge on any atom is -0.135 e. The first-order chi connectivity index (χ1) is 20.0. The van der Waals surface area contributed by atoms with Crippen molar-refractivity contribution in [3.8, 4) is 22.3 Å². The van der Waals surface area contributed by atoms with Crippen molar-refractivity contribution in [2.75, 3.05) is 0 Å². The third kappa shape index (κ3) is 3.88. The minimum atomic E-state index is 0.0264. The van der Waals surface area contributed by atoms with Gasteiger partial charge in [0.15, 0.2) is 0 Å². The predicted octanol–water partition coefficient (Wildman–Crippen LogP) is 12.1. The molecule has 1 aromatic heterocycles. The summed E-state index contributed by atoms with van der Waals surface area (Å²) in [7, 11) is 0. The summed E-state index contributed by atoms with van der Waals surface area (Å²) in [5.41, 5.74) is 6.50. The first-order valence-corrected chi connectivity index (χ1v) is 15.2. The van der Waals surface area contributed by atoms with Crippen molar-refractivity contribution < 1.29 is 0 Å². The lowest BCUT2D eigenvalue weighted by Gasteiger charge is -2.22. The van der Waals surface area contributed by atoms with Crippen molar-refractivity contribution in [2.45, 2.75) is 26.2 Å². The molecule has 0 saturated heterocycles. The Bertz CT molecular complexity index is 2260. The molecule has 0 aliphatic carbocycles. The Hall–Kier alpha value is -4.46. The van der Waals surface area contributed by atoms with E-state index >= 15 is 0 Å². The lowest BCUT2D eigenvalue weighted by molar-refractivity contribution is 0.591. The van der Waals surface area contributed by atoms with Crippen LogP contribution >= 0.6 is 11.3 Å². The zero-order chi connectivity index (χ0) is 27.7. The molecule has 0 unspecified atom stereocenters. The molecule has 0 nitrogen and oxygen atoms in total. The van der Waals surface area contributed by atoms with Crippen LogP contribution in [-0.4, -0.2) is 0 Å². The highest BCUT2D eigenvalue weighted by molar-refractivity contribution is 7.26. The fourth-order valence-corrected chi connectivity index (χ4v) is 7.68. The average molecular weight is 543 g/mol. The molecule has 0 radical (unpaired) electrons. The van der Waals surface area contributed by atoms with Crippen LogP contribution in [0.25, 0.3) is 74.7 Å². The molecule has 0 aliphatic rings. The summed E-state index contributed by atoms with van der Waals surface area (Å²) < 4.78 is 2.71. The van der Waals surface area contributed by atoms with E-state index in [1.165, 1.54) is 80.3 Å². The van der Waals surface area contributed by atoms with Gasteiger partial charge in [-0.25, -0.2) is 0 Å². The maximum absolute atomic E-state index is 2.41. The predicted molar refractivity (Wildman–Crippen MR) is 181 cm³/mol. The second-order valence-electron chi connectivity index (χ2n) is 12.2. The monoisotopic (exact) mass is 542 g/mol. The first kappa shape index (κ1) is 24.3. The molecule has 196 valence electrons. The van der Waals surface area contributed by atoms with E-state index in [-0.39, 0.29) is 5.41 Å². The van der Waals surface area contributed by atoms with Gasteiger partial charge in [0, 0.05) is 20.2 Å². The molecule has 8 aromatic rings. The molecule has 0 saturated carbocycles. The van der Waals surface area contributed by atoms with Gasteiger partial charge in [-0.15, -0.1) is 11.3 Å². The van der Waals surface area contributed by atoms with Gasteiger partial charge in [0.1, 0.15) is 0 Å². The molecule has 7 aromatic carbocycles. The van der Waals surface area contributed by atoms with Crippen LogP contribution < -0.4 is 0 Å². The Morgan fingerprint density at radius 1 is 0.415 bits per heavy atom. The molecule has 1 heterocycles. The molecule has 0 N–H and O–H groups in total. The van der Waals surface area contributed by atoms with E-state index in [9.17, 15) is 0 Å². The molecule has 0 aliphatic heterocycles. The Balaban J connectivity index is 1.40. The van der Waals surface area contributed by atoms with Gasteiger partial charge in [0.2, 0.25) is 0 Å². The van der Waals surface area contributed by atoms with Crippen LogP contribution in [0.5, 0.6) is 0 Å². The highest BCUT2D eigenvalue weighted by atomic mass is 32.1. The largest absolute Gasteiger partial charge is 0.135 e. The average Bonchev–Trinajstić information content (AvgIpc) is 3.39. The van der Waals surface area contributed by atoms with Crippen LogP contribution in [0.15, 0.2) is 127 Å². The smallest absolute Gasteiger partial charge is 0.0433 e. The molecule has 0 spiro atoms. The van der Waals surface area contributed by atoms with Gasteiger partial charge < -0.3 is 0 Å². The zero-order valence-corrected chi connectivity index (χ0v) is 24.3. The van der Waals surface area contributed by atoms with E-state index in [0.29, 0.717) is 0 Å². The van der Waals surface area contributed by atoms with Crippen LogP contribution in [0.3, 0.4) is 0 Å². The van der Waals surface area contributed by atoms with Crippen LogP contribution in [-0.2, 0) is 5.41 Å². The second-order valence-corrected chi connectivity index (χ2v) is 13.2. The fourth-order valence-electron chi connectivity index (χ4n) is 6.44. The Kier molecular flexibility index (Phi) is 5.36. The summed E-state index contributed by atoms with van der Waals surface area (Å²) in [6.45, 7) is 6.95.